The first-order valence-electron chi connectivity index (χ1n) is 1.50. The summed E-state index contributed by atoms with van der Waals surface area (Å²) < 4.78 is 0. The highest BCUT2D eigenvalue weighted by molar-refractivity contribution is 5.85. The van der Waals surface area contributed by atoms with E-state index in [0.717, 1.165) is 0 Å². The third-order valence-corrected chi connectivity index (χ3v) is 0. The molecule has 0 aliphatic heterocycles. The molecule has 0 amide bonds. The van der Waals surface area contributed by atoms with E-state index in [2.05, 4.69) is 39.5 Å². The number of hydrogen-bond donors (Lipinski definition) is 4. The molecule has 0 saturated heterocycles. The number of rotatable bonds is 0. The fourth-order valence-corrected chi connectivity index (χ4v) is 0. The Bertz CT molecular complexity index is 22.3. The molecule has 0 radical (unpaired) electrons. The zero-order valence-corrected chi connectivity index (χ0v) is 9.52. The maximum Gasteiger partial charge on any atom is -0.106 e. The molecular formula is C6H26Cl2N4. The topological polar surface area (TPSA) is 140 Å². The SMILES string of the molecule is C=C.C=C.C=C.Cl.Cl.N.N.N.N. The summed E-state index contributed by atoms with van der Waals surface area (Å²) in [5.74, 6) is 0. The summed E-state index contributed by atoms with van der Waals surface area (Å²) in [6, 6.07) is 0. The third-order valence-electron chi connectivity index (χ3n) is 0. The van der Waals surface area contributed by atoms with Crippen molar-refractivity contribution in [2.24, 2.45) is 0 Å². The van der Waals surface area contributed by atoms with Gasteiger partial charge in [-0.3, -0.25) is 0 Å². The molecule has 0 aliphatic carbocycles. The van der Waals surface area contributed by atoms with E-state index in [4.69, 9.17) is 0 Å². The summed E-state index contributed by atoms with van der Waals surface area (Å²) in [6.07, 6.45) is 0. The van der Waals surface area contributed by atoms with Crippen LogP contribution < -0.4 is 24.6 Å². The van der Waals surface area contributed by atoms with Crippen LogP contribution in [0.25, 0.3) is 0 Å². The molecule has 0 spiro atoms. The lowest BCUT2D eigenvalue weighted by molar-refractivity contribution is 2.13. The molecular weight excluding hydrogens is 199 g/mol. The Hall–Kier alpha value is -0.360. The van der Waals surface area contributed by atoms with Crippen molar-refractivity contribution < 1.29 is 0 Å². The van der Waals surface area contributed by atoms with Crippen molar-refractivity contribution in [3.8, 4) is 0 Å². The van der Waals surface area contributed by atoms with Crippen LogP contribution in [0.2, 0.25) is 0 Å². The second kappa shape index (κ2) is 7630. The van der Waals surface area contributed by atoms with Gasteiger partial charge in [0.2, 0.25) is 0 Å². The predicted octanol–water partition coefficient (Wildman–Crippen LogP) is 3.90. The van der Waals surface area contributed by atoms with Crippen molar-refractivity contribution in [2.45, 2.75) is 0 Å². The molecule has 0 fully saturated rings. The van der Waals surface area contributed by atoms with E-state index >= 15 is 0 Å². The quantitative estimate of drug-likeness (QED) is 0.464. The zero-order chi connectivity index (χ0) is 6.00. The van der Waals surface area contributed by atoms with Crippen molar-refractivity contribution in [3.05, 3.63) is 39.5 Å². The molecule has 84 valence electrons. The highest BCUT2D eigenvalue weighted by atomic mass is 35.5. The first-order valence-corrected chi connectivity index (χ1v) is 1.50. The van der Waals surface area contributed by atoms with Crippen LogP contribution in [0.4, 0.5) is 0 Å². The Morgan fingerprint density at radius 2 is 0.333 bits per heavy atom. The lowest BCUT2D eigenvalue weighted by Crippen LogP contribution is -0.552. The number of halogens is 2. The summed E-state index contributed by atoms with van der Waals surface area (Å²) in [7, 11) is 0. The summed E-state index contributed by atoms with van der Waals surface area (Å²) in [4.78, 5) is 0. The summed E-state index contributed by atoms with van der Waals surface area (Å²) >= 11 is 0. The van der Waals surface area contributed by atoms with E-state index in [-0.39, 0.29) is 49.4 Å². The monoisotopic (exact) mass is 224 g/mol. The first-order chi connectivity index (χ1) is 3.00. The molecule has 12 N–H and O–H groups in total. The van der Waals surface area contributed by atoms with Crippen LogP contribution in [-0.2, 0) is 0 Å². The Labute approximate surface area is 89.4 Å². The van der Waals surface area contributed by atoms with Gasteiger partial charge in [-0.2, -0.15) is 0 Å². The van der Waals surface area contributed by atoms with Gasteiger partial charge in [0.15, 0.2) is 0 Å². The van der Waals surface area contributed by atoms with Gasteiger partial charge >= 0.3 is 0 Å². The molecule has 0 unspecified atom stereocenters. The van der Waals surface area contributed by atoms with Crippen LogP contribution in [0.1, 0.15) is 0 Å². The van der Waals surface area contributed by atoms with Crippen molar-refractivity contribution in [3.63, 3.8) is 0 Å². The molecule has 0 aromatic rings. The van der Waals surface area contributed by atoms with E-state index in [9.17, 15) is 0 Å². The Morgan fingerprint density at radius 1 is 0.333 bits per heavy atom. The van der Waals surface area contributed by atoms with Gasteiger partial charge < -0.3 is 24.6 Å². The van der Waals surface area contributed by atoms with E-state index in [1.54, 1.807) is 0 Å². The lowest BCUT2D eigenvalue weighted by Gasteiger charge is -0.813. The molecule has 0 saturated carbocycles. The molecule has 0 bridgehead atoms. The largest absolute Gasteiger partial charge is 0.344 e. The second-order valence-electron chi connectivity index (χ2n) is 0. The molecule has 4 nitrogen and oxygen atoms in total. The Balaban J connectivity index is -0.00000000129. The van der Waals surface area contributed by atoms with Gasteiger partial charge in [0, 0.05) is 0 Å². The van der Waals surface area contributed by atoms with Gasteiger partial charge in [-0.05, 0) is 0 Å². The van der Waals surface area contributed by atoms with Crippen molar-refractivity contribution in [1.82, 2.24) is 24.6 Å². The van der Waals surface area contributed by atoms with E-state index in [0.29, 0.717) is 0 Å². The van der Waals surface area contributed by atoms with E-state index < -0.39 is 0 Å². The molecule has 0 heterocycles. The first kappa shape index (κ1) is 189. The van der Waals surface area contributed by atoms with Crippen LogP contribution in [0.15, 0.2) is 39.5 Å². The highest BCUT2D eigenvalue weighted by Crippen LogP contribution is 0.866. The Kier molecular flexibility index (Phi) is 120000. The fourth-order valence-electron chi connectivity index (χ4n) is 0. The van der Waals surface area contributed by atoms with Gasteiger partial charge in [-0.25, -0.2) is 0 Å². The maximum atomic E-state index is 3.00. The summed E-state index contributed by atoms with van der Waals surface area (Å²) in [5, 5.41) is 0. The fraction of sp³-hybridized carbons (Fsp3) is 0. The van der Waals surface area contributed by atoms with Crippen molar-refractivity contribution >= 4 is 24.8 Å². The molecule has 0 atom stereocenters. The molecule has 6 heteroatoms. The molecule has 0 aliphatic rings. The predicted molar refractivity (Wildman–Crippen MR) is 68.3 cm³/mol. The minimum absolute atomic E-state index is 0. The van der Waals surface area contributed by atoms with Crippen molar-refractivity contribution in [1.29, 1.82) is 0 Å². The Morgan fingerprint density at radius 3 is 0.333 bits per heavy atom. The van der Waals surface area contributed by atoms with Crippen molar-refractivity contribution in [2.75, 3.05) is 0 Å². The standard InChI is InChI=1S/3C2H4.2ClH.4H3N/c3*1-2;;;;;;/h3*1-2H2;2*1H;4*1H3. The highest BCUT2D eigenvalue weighted by Gasteiger charge is 0.605. The molecule has 12 heavy (non-hydrogen) atoms. The van der Waals surface area contributed by atoms with Crippen LogP contribution in [-0.4, -0.2) is 0 Å². The van der Waals surface area contributed by atoms with Crippen LogP contribution in [0.3, 0.4) is 0 Å². The third kappa shape index (κ3) is 5550. The van der Waals surface area contributed by atoms with E-state index in [1.165, 1.54) is 0 Å². The average Bonchev–Trinajstić information content (AvgIpc) is 1.81. The smallest absolute Gasteiger partial charge is 0.106 e. The summed E-state index contributed by atoms with van der Waals surface area (Å²) in [5.41, 5.74) is 0. The molecule has 0 rings (SSSR count). The van der Waals surface area contributed by atoms with Gasteiger partial charge in [0.1, 0.15) is 0 Å². The van der Waals surface area contributed by atoms with Gasteiger partial charge in [0.05, 0.1) is 0 Å². The second-order valence-corrected chi connectivity index (χ2v) is 0. The average molecular weight is 225 g/mol. The van der Waals surface area contributed by atoms with E-state index in [1.807, 2.05) is 0 Å². The maximum absolute atomic E-state index is 3.00. The molecule has 0 aromatic heterocycles. The number of hydrogen-bond acceptors (Lipinski definition) is 4. The van der Waals surface area contributed by atoms with Gasteiger partial charge in [-0.15, -0.1) is 64.3 Å². The molecule has 0 aromatic carbocycles. The van der Waals surface area contributed by atoms with Gasteiger partial charge in [0.25, 0.3) is 0 Å². The van der Waals surface area contributed by atoms with Crippen LogP contribution in [0.5, 0.6) is 0 Å². The summed E-state index contributed by atoms with van der Waals surface area (Å²) in [6.45, 7) is 18.0. The minimum atomic E-state index is 0. The lowest BCUT2D eigenvalue weighted by atomic mass is 11.3. The van der Waals surface area contributed by atoms with Gasteiger partial charge in [-0.1, -0.05) is 0 Å². The van der Waals surface area contributed by atoms with Crippen LogP contribution >= 0.6 is 24.8 Å². The zero-order valence-electron chi connectivity index (χ0n) is 7.89. The minimum Gasteiger partial charge on any atom is -0.344 e. The van der Waals surface area contributed by atoms with Crippen LogP contribution in [0, 0.1) is 0 Å². The normalized spacial score (nSPS) is 1.00.